The minimum Gasteiger partial charge on any atom is -0.495 e. The number of nitrogens with one attached hydrogen (secondary N) is 2. The van der Waals surface area contributed by atoms with E-state index >= 15 is 0 Å². The zero-order valence-corrected chi connectivity index (χ0v) is 17.4. The number of sulfonamides is 1. The molecule has 0 aliphatic rings. The van der Waals surface area contributed by atoms with Gasteiger partial charge in [-0.15, -0.1) is 0 Å². The van der Waals surface area contributed by atoms with Crippen LogP contribution in [0.15, 0.2) is 89.3 Å². The molecule has 1 amide bonds. The normalized spacial score (nSPS) is 11.3. The maximum atomic E-state index is 12.8. The van der Waals surface area contributed by atoms with Gasteiger partial charge in [-0.2, -0.15) is 5.26 Å². The summed E-state index contributed by atoms with van der Waals surface area (Å²) in [6.07, 6.45) is 1.46. The Bertz CT molecular complexity index is 1260. The second-order valence-corrected chi connectivity index (χ2v) is 8.05. The molecule has 7 nitrogen and oxygen atoms in total. The number of methoxy groups -OCH3 is 1. The Morgan fingerprint density at radius 3 is 2.42 bits per heavy atom. The van der Waals surface area contributed by atoms with Gasteiger partial charge < -0.3 is 10.1 Å². The van der Waals surface area contributed by atoms with E-state index < -0.39 is 15.9 Å². The predicted octanol–water partition coefficient (Wildman–Crippen LogP) is 4.04. The third-order valence-electron chi connectivity index (χ3n) is 4.23. The van der Waals surface area contributed by atoms with Crippen molar-refractivity contribution in [3.63, 3.8) is 0 Å². The molecule has 0 saturated carbocycles. The van der Waals surface area contributed by atoms with Gasteiger partial charge in [-0.3, -0.25) is 9.52 Å². The van der Waals surface area contributed by atoms with E-state index in [2.05, 4.69) is 10.0 Å². The Balaban J connectivity index is 1.82. The first kappa shape index (κ1) is 21.6. The number of amides is 1. The summed E-state index contributed by atoms with van der Waals surface area (Å²) in [7, 11) is -2.50. The SMILES string of the molecule is COc1ccccc1NS(=O)(=O)c1cccc(NC(=O)/C(C#N)=C/c2ccccc2)c1. The number of nitriles is 1. The molecule has 2 N–H and O–H groups in total. The van der Waals surface area contributed by atoms with Gasteiger partial charge in [-0.25, -0.2) is 8.42 Å². The minimum absolute atomic E-state index is 0.0539. The Morgan fingerprint density at radius 1 is 1.00 bits per heavy atom. The van der Waals surface area contributed by atoms with Gasteiger partial charge in [0.2, 0.25) is 0 Å². The number of hydrogen-bond acceptors (Lipinski definition) is 5. The first-order valence-corrected chi connectivity index (χ1v) is 10.7. The van der Waals surface area contributed by atoms with Crippen LogP contribution in [0, 0.1) is 11.3 Å². The third kappa shape index (κ3) is 5.50. The number of ether oxygens (including phenoxy) is 1. The summed E-state index contributed by atoms with van der Waals surface area (Å²) in [5.74, 6) is -0.265. The van der Waals surface area contributed by atoms with Gasteiger partial charge >= 0.3 is 0 Å². The summed E-state index contributed by atoms with van der Waals surface area (Å²) in [6.45, 7) is 0. The summed E-state index contributed by atoms with van der Waals surface area (Å²) in [5, 5.41) is 11.9. The number of benzene rings is 3. The second kappa shape index (κ2) is 9.61. The topological polar surface area (TPSA) is 108 Å². The van der Waals surface area contributed by atoms with E-state index in [1.54, 1.807) is 48.5 Å². The lowest BCUT2D eigenvalue weighted by molar-refractivity contribution is -0.112. The van der Waals surface area contributed by atoms with Crippen LogP contribution in [-0.4, -0.2) is 21.4 Å². The Morgan fingerprint density at radius 2 is 1.71 bits per heavy atom. The highest BCUT2D eigenvalue weighted by Gasteiger charge is 2.18. The van der Waals surface area contributed by atoms with E-state index in [9.17, 15) is 18.5 Å². The molecule has 0 atom stereocenters. The summed E-state index contributed by atoms with van der Waals surface area (Å²) in [4.78, 5) is 12.4. The van der Waals surface area contributed by atoms with E-state index in [-0.39, 0.29) is 21.8 Å². The van der Waals surface area contributed by atoms with E-state index in [0.717, 1.165) is 0 Å². The molecular formula is C23H19N3O4S. The number of nitrogens with zero attached hydrogens (tertiary/aromatic N) is 1. The third-order valence-corrected chi connectivity index (χ3v) is 5.59. The molecule has 3 aromatic carbocycles. The number of carbonyl (C=O) groups is 1. The minimum atomic E-state index is -3.94. The summed E-state index contributed by atoms with van der Waals surface area (Å²) in [6, 6.07) is 23.2. The van der Waals surface area contributed by atoms with E-state index in [4.69, 9.17) is 4.74 Å². The highest BCUT2D eigenvalue weighted by molar-refractivity contribution is 7.92. The highest BCUT2D eigenvalue weighted by atomic mass is 32.2. The number of carbonyl (C=O) groups excluding carboxylic acids is 1. The fraction of sp³-hybridized carbons (Fsp3) is 0.0435. The van der Waals surface area contributed by atoms with Crippen molar-refractivity contribution in [1.29, 1.82) is 5.26 Å². The van der Waals surface area contributed by atoms with Crippen LogP contribution in [0.1, 0.15) is 5.56 Å². The zero-order chi connectivity index (χ0) is 22.3. The molecule has 0 fully saturated rings. The quantitative estimate of drug-likeness (QED) is 0.432. The standard InChI is InChI=1S/C23H19N3O4S/c1-30-22-13-6-5-12-21(22)26-31(28,29)20-11-7-10-19(15-20)25-23(27)18(16-24)14-17-8-3-2-4-9-17/h2-15,26H,1H3,(H,25,27)/b18-14+. The maximum absolute atomic E-state index is 12.8. The molecule has 31 heavy (non-hydrogen) atoms. The molecule has 0 bridgehead atoms. The van der Waals surface area contributed by atoms with Crippen molar-refractivity contribution in [2.75, 3.05) is 17.1 Å². The number of para-hydroxylation sites is 2. The van der Waals surface area contributed by atoms with Crippen molar-refractivity contribution in [2.24, 2.45) is 0 Å². The van der Waals surface area contributed by atoms with Crippen molar-refractivity contribution in [3.8, 4) is 11.8 Å². The highest BCUT2D eigenvalue weighted by Crippen LogP contribution is 2.27. The molecule has 0 radical (unpaired) electrons. The molecule has 0 unspecified atom stereocenters. The van der Waals surface area contributed by atoms with Crippen LogP contribution >= 0.6 is 0 Å². The van der Waals surface area contributed by atoms with Gasteiger partial charge in [0.25, 0.3) is 15.9 Å². The largest absolute Gasteiger partial charge is 0.495 e. The first-order chi connectivity index (χ1) is 14.9. The van der Waals surface area contributed by atoms with Crippen LogP contribution in [0.25, 0.3) is 6.08 Å². The van der Waals surface area contributed by atoms with Crippen LogP contribution in [0.5, 0.6) is 5.75 Å². The van der Waals surface area contributed by atoms with Gasteiger partial charge in [0.05, 0.1) is 17.7 Å². The van der Waals surface area contributed by atoms with Gasteiger partial charge in [0.1, 0.15) is 17.4 Å². The molecule has 8 heteroatoms. The fourth-order valence-corrected chi connectivity index (χ4v) is 3.85. The van der Waals surface area contributed by atoms with Crippen LogP contribution in [0.2, 0.25) is 0 Å². The average molecular weight is 433 g/mol. The molecule has 0 saturated heterocycles. The van der Waals surface area contributed by atoms with Crippen LogP contribution in [-0.2, 0) is 14.8 Å². The molecule has 0 aliphatic heterocycles. The molecule has 0 aromatic heterocycles. The Kier molecular flexibility index (Phi) is 6.70. The van der Waals surface area contributed by atoms with E-state index in [0.29, 0.717) is 11.3 Å². The van der Waals surface area contributed by atoms with Crippen molar-refractivity contribution in [2.45, 2.75) is 4.90 Å². The van der Waals surface area contributed by atoms with Crippen molar-refractivity contribution >= 4 is 33.4 Å². The molecule has 156 valence electrons. The molecule has 3 aromatic rings. The fourth-order valence-electron chi connectivity index (χ4n) is 2.74. The average Bonchev–Trinajstić information content (AvgIpc) is 2.78. The summed E-state index contributed by atoms with van der Waals surface area (Å²) >= 11 is 0. The second-order valence-electron chi connectivity index (χ2n) is 6.37. The van der Waals surface area contributed by atoms with E-state index in [1.165, 1.54) is 37.5 Å². The number of anilines is 2. The summed E-state index contributed by atoms with van der Waals surface area (Å²) in [5.41, 5.74) is 1.12. The Hall–Kier alpha value is -4.09. The van der Waals surface area contributed by atoms with Gasteiger partial charge in [-0.05, 0) is 42.0 Å². The van der Waals surface area contributed by atoms with Gasteiger partial charge in [-0.1, -0.05) is 48.5 Å². The van der Waals surface area contributed by atoms with E-state index in [1.807, 2.05) is 12.1 Å². The predicted molar refractivity (Wildman–Crippen MR) is 119 cm³/mol. The smallest absolute Gasteiger partial charge is 0.266 e. The lowest BCUT2D eigenvalue weighted by Gasteiger charge is -2.12. The van der Waals surface area contributed by atoms with Crippen molar-refractivity contribution in [3.05, 3.63) is 90.0 Å². The summed E-state index contributed by atoms with van der Waals surface area (Å²) < 4.78 is 33.2. The lowest BCUT2D eigenvalue weighted by atomic mass is 10.1. The monoisotopic (exact) mass is 433 g/mol. The zero-order valence-electron chi connectivity index (χ0n) is 16.6. The molecule has 0 heterocycles. The Labute approximate surface area is 180 Å². The first-order valence-electron chi connectivity index (χ1n) is 9.17. The van der Waals surface area contributed by atoms with Gasteiger partial charge in [0, 0.05) is 5.69 Å². The van der Waals surface area contributed by atoms with Crippen LogP contribution in [0.3, 0.4) is 0 Å². The number of hydrogen-bond donors (Lipinski definition) is 2. The van der Waals surface area contributed by atoms with Crippen molar-refractivity contribution in [1.82, 2.24) is 0 Å². The molecule has 0 aliphatic carbocycles. The number of rotatable bonds is 7. The van der Waals surface area contributed by atoms with Crippen LogP contribution in [0.4, 0.5) is 11.4 Å². The lowest BCUT2D eigenvalue weighted by Crippen LogP contribution is -2.16. The molecule has 3 rings (SSSR count). The van der Waals surface area contributed by atoms with Crippen LogP contribution < -0.4 is 14.8 Å². The molecule has 0 spiro atoms. The van der Waals surface area contributed by atoms with Crippen molar-refractivity contribution < 1.29 is 17.9 Å². The maximum Gasteiger partial charge on any atom is 0.266 e. The molecular weight excluding hydrogens is 414 g/mol. The van der Waals surface area contributed by atoms with Gasteiger partial charge in [0.15, 0.2) is 0 Å².